The number of carbonyl (C=O) groups is 1. The molecule has 0 aromatic heterocycles. The number of hydrogen-bond donors (Lipinski definition) is 1. The van der Waals surface area contributed by atoms with Crippen LogP contribution in [0.5, 0.6) is 0 Å². The van der Waals surface area contributed by atoms with Gasteiger partial charge >= 0.3 is 0 Å². The Kier molecular flexibility index (Phi) is 4.58. The van der Waals surface area contributed by atoms with Crippen LogP contribution in [0.3, 0.4) is 0 Å². The minimum absolute atomic E-state index is 0.0611. The van der Waals surface area contributed by atoms with Gasteiger partial charge in [-0.3, -0.25) is 4.79 Å². The average molecular weight is 212 g/mol. The first-order valence-corrected chi connectivity index (χ1v) is 6.00. The van der Waals surface area contributed by atoms with Crippen molar-refractivity contribution in [1.29, 1.82) is 0 Å². The van der Waals surface area contributed by atoms with E-state index in [1.165, 1.54) is 12.8 Å². The van der Waals surface area contributed by atoms with Gasteiger partial charge in [-0.25, -0.2) is 0 Å². The zero-order chi connectivity index (χ0) is 11.3. The fourth-order valence-electron chi connectivity index (χ4n) is 2.42. The molecule has 0 aromatic rings. The van der Waals surface area contributed by atoms with E-state index in [4.69, 9.17) is 0 Å². The van der Waals surface area contributed by atoms with Crippen molar-refractivity contribution in [3.05, 3.63) is 0 Å². The minimum Gasteiger partial charge on any atom is -0.345 e. The van der Waals surface area contributed by atoms with E-state index in [-0.39, 0.29) is 5.41 Å². The molecule has 0 aromatic carbocycles. The molecule has 0 heterocycles. The molecule has 1 aliphatic carbocycles. The first-order valence-electron chi connectivity index (χ1n) is 6.00. The van der Waals surface area contributed by atoms with Gasteiger partial charge in [-0.15, -0.1) is 0 Å². The molecule has 0 radical (unpaired) electrons. The summed E-state index contributed by atoms with van der Waals surface area (Å²) in [5.74, 6) is 0.344. The lowest BCUT2D eigenvalue weighted by Gasteiger charge is -2.28. The van der Waals surface area contributed by atoms with Crippen molar-refractivity contribution in [2.24, 2.45) is 5.41 Å². The number of rotatable bonds is 5. The van der Waals surface area contributed by atoms with Crippen LogP contribution >= 0.6 is 0 Å². The molecule has 88 valence electrons. The van der Waals surface area contributed by atoms with Crippen molar-refractivity contribution in [2.75, 3.05) is 27.2 Å². The van der Waals surface area contributed by atoms with Crippen LogP contribution in [0.15, 0.2) is 0 Å². The Morgan fingerprint density at radius 2 is 2.00 bits per heavy atom. The van der Waals surface area contributed by atoms with Crippen molar-refractivity contribution in [1.82, 2.24) is 10.2 Å². The molecule has 0 aliphatic heterocycles. The summed E-state index contributed by atoms with van der Waals surface area (Å²) in [4.78, 5) is 14.1. The van der Waals surface area contributed by atoms with Crippen molar-refractivity contribution in [3.8, 4) is 0 Å². The smallest absolute Gasteiger partial charge is 0.228 e. The van der Waals surface area contributed by atoms with Gasteiger partial charge in [-0.2, -0.15) is 0 Å². The van der Waals surface area contributed by atoms with Gasteiger partial charge in [0.1, 0.15) is 0 Å². The van der Waals surface area contributed by atoms with Crippen LogP contribution < -0.4 is 5.32 Å². The zero-order valence-corrected chi connectivity index (χ0v) is 10.3. The molecule has 1 saturated carbocycles. The van der Waals surface area contributed by atoms with E-state index in [1.54, 1.807) is 0 Å². The Hall–Kier alpha value is -0.570. The standard InChI is InChI=1S/C12H24N2O/c1-12(7-4-5-8-12)11(15)14(3)10-6-9-13-2/h13H,4-10H2,1-3H3. The summed E-state index contributed by atoms with van der Waals surface area (Å²) in [5, 5.41) is 3.10. The molecule has 1 aliphatic rings. The fraction of sp³-hybridized carbons (Fsp3) is 0.917. The highest BCUT2D eigenvalue weighted by atomic mass is 16.2. The molecule has 1 N–H and O–H groups in total. The van der Waals surface area contributed by atoms with Crippen LogP contribution in [0, 0.1) is 5.41 Å². The molecular weight excluding hydrogens is 188 g/mol. The largest absolute Gasteiger partial charge is 0.345 e. The molecule has 1 rings (SSSR count). The van der Waals surface area contributed by atoms with Crippen molar-refractivity contribution in [3.63, 3.8) is 0 Å². The topological polar surface area (TPSA) is 32.3 Å². The monoisotopic (exact) mass is 212 g/mol. The van der Waals surface area contributed by atoms with Gasteiger partial charge in [0.05, 0.1) is 0 Å². The van der Waals surface area contributed by atoms with E-state index >= 15 is 0 Å². The lowest BCUT2D eigenvalue weighted by atomic mass is 9.87. The molecule has 1 fully saturated rings. The quantitative estimate of drug-likeness (QED) is 0.703. The van der Waals surface area contributed by atoms with Gasteiger partial charge in [0.25, 0.3) is 0 Å². The Balaban J connectivity index is 2.38. The van der Waals surface area contributed by atoms with Crippen LogP contribution in [-0.4, -0.2) is 38.0 Å². The van der Waals surface area contributed by atoms with Gasteiger partial charge in [0.2, 0.25) is 5.91 Å². The number of nitrogens with zero attached hydrogens (tertiary/aromatic N) is 1. The molecule has 0 atom stereocenters. The lowest BCUT2D eigenvalue weighted by Crippen LogP contribution is -2.39. The number of amides is 1. The summed E-state index contributed by atoms with van der Waals surface area (Å²) < 4.78 is 0. The first kappa shape index (κ1) is 12.5. The molecular formula is C12H24N2O. The van der Waals surface area contributed by atoms with E-state index in [1.807, 2.05) is 19.0 Å². The molecule has 1 amide bonds. The average Bonchev–Trinajstić information content (AvgIpc) is 2.65. The van der Waals surface area contributed by atoms with Crippen molar-refractivity contribution >= 4 is 5.91 Å². The summed E-state index contributed by atoms with van der Waals surface area (Å²) >= 11 is 0. The SMILES string of the molecule is CNCCCN(C)C(=O)C1(C)CCCC1. The predicted octanol–water partition coefficient (Wildman–Crippen LogP) is 1.63. The van der Waals surface area contributed by atoms with Gasteiger partial charge in [0.15, 0.2) is 0 Å². The molecule has 3 heteroatoms. The maximum Gasteiger partial charge on any atom is 0.228 e. The third kappa shape index (κ3) is 3.20. The van der Waals surface area contributed by atoms with E-state index in [9.17, 15) is 4.79 Å². The normalized spacial score (nSPS) is 19.1. The van der Waals surface area contributed by atoms with Crippen LogP contribution in [0.2, 0.25) is 0 Å². The van der Waals surface area contributed by atoms with E-state index < -0.39 is 0 Å². The number of carbonyl (C=O) groups excluding carboxylic acids is 1. The molecule has 0 spiro atoms. The molecule has 0 saturated heterocycles. The second kappa shape index (κ2) is 5.50. The van der Waals surface area contributed by atoms with Gasteiger partial charge < -0.3 is 10.2 Å². The molecule has 3 nitrogen and oxygen atoms in total. The zero-order valence-electron chi connectivity index (χ0n) is 10.3. The Labute approximate surface area is 93.2 Å². The third-order valence-electron chi connectivity index (χ3n) is 3.49. The van der Waals surface area contributed by atoms with E-state index in [2.05, 4.69) is 12.2 Å². The van der Waals surface area contributed by atoms with E-state index in [0.717, 1.165) is 32.4 Å². The second-order valence-electron chi connectivity index (χ2n) is 4.95. The van der Waals surface area contributed by atoms with Gasteiger partial charge in [-0.05, 0) is 32.9 Å². The summed E-state index contributed by atoms with van der Waals surface area (Å²) in [6, 6.07) is 0. The highest BCUT2D eigenvalue weighted by molar-refractivity contribution is 5.82. The van der Waals surface area contributed by atoms with Crippen molar-refractivity contribution < 1.29 is 4.79 Å². The highest BCUT2D eigenvalue weighted by Crippen LogP contribution is 2.38. The minimum atomic E-state index is -0.0611. The first-order chi connectivity index (χ1) is 7.10. The summed E-state index contributed by atoms with van der Waals surface area (Å²) in [6.45, 7) is 3.97. The highest BCUT2D eigenvalue weighted by Gasteiger charge is 2.37. The Bertz CT molecular complexity index is 210. The Morgan fingerprint density at radius 3 is 2.53 bits per heavy atom. The summed E-state index contributed by atoms with van der Waals surface area (Å²) in [6.07, 6.45) is 5.61. The second-order valence-corrected chi connectivity index (χ2v) is 4.95. The number of hydrogen-bond acceptors (Lipinski definition) is 2. The lowest BCUT2D eigenvalue weighted by molar-refractivity contribution is -0.139. The maximum atomic E-state index is 12.2. The molecule has 0 bridgehead atoms. The van der Waals surface area contributed by atoms with Crippen LogP contribution in [0.1, 0.15) is 39.0 Å². The van der Waals surface area contributed by atoms with Crippen molar-refractivity contribution in [2.45, 2.75) is 39.0 Å². The molecule has 15 heavy (non-hydrogen) atoms. The summed E-state index contributed by atoms with van der Waals surface area (Å²) in [7, 11) is 3.88. The molecule has 0 unspecified atom stereocenters. The summed E-state index contributed by atoms with van der Waals surface area (Å²) in [5.41, 5.74) is -0.0611. The maximum absolute atomic E-state index is 12.2. The van der Waals surface area contributed by atoms with Crippen LogP contribution in [0.4, 0.5) is 0 Å². The van der Waals surface area contributed by atoms with Gasteiger partial charge in [-0.1, -0.05) is 19.8 Å². The van der Waals surface area contributed by atoms with E-state index in [0.29, 0.717) is 5.91 Å². The Morgan fingerprint density at radius 1 is 1.40 bits per heavy atom. The number of nitrogens with one attached hydrogen (secondary N) is 1. The predicted molar refractivity (Wildman–Crippen MR) is 62.8 cm³/mol. The third-order valence-corrected chi connectivity index (χ3v) is 3.49. The van der Waals surface area contributed by atoms with Gasteiger partial charge in [0, 0.05) is 19.0 Å². The van der Waals surface area contributed by atoms with Crippen LogP contribution in [0.25, 0.3) is 0 Å². The fourth-order valence-corrected chi connectivity index (χ4v) is 2.42. The van der Waals surface area contributed by atoms with Crippen LogP contribution in [-0.2, 0) is 4.79 Å².